The fourth-order valence-corrected chi connectivity index (χ4v) is 5.74. The Balaban J connectivity index is 1.62. The van der Waals surface area contributed by atoms with Crippen LogP contribution in [0.2, 0.25) is 0 Å². The number of sulfonamides is 1. The number of carbonyl (C=O) groups excluding carboxylic acids is 1. The van der Waals surface area contributed by atoms with Crippen molar-refractivity contribution in [1.82, 2.24) is 14.1 Å². The van der Waals surface area contributed by atoms with Crippen molar-refractivity contribution < 1.29 is 13.2 Å². The number of hydrogen-bond donors (Lipinski definition) is 0. The Morgan fingerprint density at radius 1 is 1.00 bits per heavy atom. The molecule has 2 saturated heterocycles. The SMILES string of the molecule is C[C@H](C(=O)N1[C@H](C)CCC[C@@H]1C)N1CCN(S(=O)(=O)c2ccccc2)CC1. The Morgan fingerprint density at radius 3 is 2.11 bits per heavy atom. The zero-order valence-corrected chi connectivity index (χ0v) is 17.4. The van der Waals surface area contributed by atoms with E-state index in [0.717, 1.165) is 12.8 Å². The summed E-state index contributed by atoms with van der Waals surface area (Å²) in [5, 5.41) is 0. The van der Waals surface area contributed by atoms with E-state index in [1.807, 2.05) is 17.9 Å². The van der Waals surface area contributed by atoms with Gasteiger partial charge in [0.15, 0.2) is 0 Å². The number of piperazine rings is 1. The molecule has 7 heteroatoms. The summed E-state index contributed by atoms with van der Waals surface area (Å²) >= 11 is 0. The molecule has 0 radical (unpaired) electrons. The molecule has 1 amide bonds. The first-order chi connectivity index (χ1) is 12.8. The third kappa shape index (κ3) is 4.20. The Hall–Kier alpha value is -1.44. The third-order valence-corrected chi connectivity index (χ3v) is 7.92. The standard InChI is InChI=1S/C20H31N3O3S/c1-16-8-7-9-17(2)23(16)20(24)18(3)21-12-14-22(15-13-21)27(25,26)19-10-5-4-6-11-19/h4-6,10-11,16-18H,7-9,12-15H2,1-3H3/t16-,17+,18-/m1/s1. The Morgan fingerprint density at radius 2 is 1.56 bits per heavy atom. The smallest absolute Gasteiger partial charge is 0.243 e. The van der Waals surface area contributed by atoms with Crippen LogP contribution in [0.5, 0.6) is 0 Å². The lowest BCUT2D eigenvalue weighted by atomic mass is 9.96. The second-order valence-corrected chi connectivity index (χ2v) is 9.74. The molecule has 0 aromatic heterocycles. The molecule has 0 spiro atoms. The van der Waals surface area contributed by atoms with Crippen molar-refractivity contribution in [2.24, 2.45) is 0 Å². The second-order valence-electron chi connectivity index (χ2n) is 7.80. The first-order valence-electron chi connectivity index (χ1n) is 9.94. The average molecular weight is 394 g/mol. The summed E-state index contributed by atoms with van der Waals surface area (Å²) in [6.45, 7) is 8.21. The highest BCUT2D eigenvalue weighted by Crippen LogP contribution is 2.25. The molecular formula is C20H31N3O3S. The van der Waals surface area contributed by atoms with Crippen LogP contribution in [-0.4, -0.2) is 72.7 Å². The van der Waals surface area contributed by atoms with Gasteiger partial charge in [0.2, 0.25) is 15.9 Å². The molecule has 3 rings (SSSR count). The van der Waals surface area contributed by atoms with E-state index in [9.17, 15) is 13.2 Å². The first-order valence-corrected chi connectivity index (χ1v) is 11.4. The van der Waals surface area contributed by atoms with Crippen molar-refractivity contribution in [3.05, 3.63) is 30.3 Å². The highest BCUT2D eigenvalue weighted by atomic mass is 32.2. The predicted octanol–water partition coefficient (Wildman–Crippen LogP) is 2.17. The van der Waals surface area contributed by atoms with Gasteiger partial charge < -0.3 is 4.90 Å². The number of benzene rings is 1. The summed E-state index contributed by atoms with van der Waals surface area (Å²) in [5.74, 6) is 0.175. The molecule has 0 N–H and O–H groups in total. The number of likely N-dealkylation sites (tertiary alicyclic amines) is 1. The lowest BCUT2D eigenvalue weighted by Crippen LogP contribution is -2.58. The van der Waals surface area contributed by atoms with Crippen LogP contribution in [-0.2, 0) is 14.8 Å². The quantitative estimate of drug-likeness (QED) is 0.787. The highest BCUT2D eigenvalue weighted by molar-refractivity contribution is 7.89. The van der Waals surface area contributed by atoms with Crippen LogP contribution in [0, 0.1) is 0 Å². The second kappa shape index (κ2) is 8.29. The summed E-state index contributed by atoms with van der Waals surface area (Å²) < 4.78 is 27.1. The molecule has 0 aliphatic carbocycles. The van der Waals surface area contributed by atoms with Gasteiger partial charge in [-0.25, -0.2) is 8.42 Å². The van der Waals surface area contributed by atoms with Crippen LogP contribution in [0.4, 0.5) is 0 Å². The van der Waals surface area contributed by atoms with Crippen molar-refractivity contribution in [3.8, 4) is 0 Å². The Labute approximate surface area is 163 Å². The molecule has 2 aliphatic rings. The van der Waals surface area contributed by atoms with Gasteiger partial charge in [0.1, 0.15) is 0 Å². The molecular weight excluding hydrogens is 362 g/mol. The fourth-order valence-electron chi connectivity index (χ4n) is 4.30. The number of carbonyl (C=O) groups is 1. The molecule has 150 valence electrons. The van der Waals surface area contributed by atoms with E-state index in [0.29, 0.717) is 31.1 Å². The topological polar surface area (TPSA) is 60.9 Å². The van der Waals surface area contributed by atoms with E-state index in [1.54, 1.807) is 24.3 Å². The number of nitrogens with zero attached hydrogens (tertiary/aromatic N) is 3. The minimum Gasteiger partial charge on any atom is -0.336 e. The monoisotopic (exact) mass is 393 g/mol. The average Bonchev–Trinajstić information content (AvgIpc) is 2.68. The van der Waals surface area contributed by atoms with Gasteiger partial charge in [0.05, 0.1) is 10.9 Å². The third-order valence-electron chi connectivity index (χ3n) is 6.01. The fraction of sp³-hybridized carbons (Fsp3) is 0.650. The van der Waals surface area contributed by atoms with Crippen molar-refractivity contribution in [3.63, 3.8) is 0 Å². The minimum absolute atomic E-state index is 0.175. The Kier molecular flexibility index (Phi) is 6.23. The molecule has 2 heterocycles. The van der Waals surface area contributed by atoms with Gasteiger partial charge in [-0.05, 0) is 52.2 Å². The van der Waals surface area contributed by atoms with Gasteiger partial charge in [-0.2, -0.15) is 4.31 Å². The van der Waals surface area contributed by atoms with Crippen molar-refractivity contribution in [2.75, 3.05) is 26.2 Å². The van der Waals surface area contributed by atoms with Crippen LogP contribution >= 0.6 is 0 Å². The van der Waals surface area contributed by atoms with E-state index >= 15 is 0 Å². The van der Waals surface area contributed by atoms with Crippen LogP contribution in [0.1, 0.15) is 40.0 Å². The number of amides is 1. The number of piperidine rings is 1. The van der Waals surface area contributed by atoms with E-state index in [4.69, 9.17) is 0 Å². The molecule has 1 aromatic carbocycles. The zero-order valence-electron chi connectivity index (χ0n) is 16.5. The van der Waals surface area contributed by atoms with E-state index in [2.05, 4.69) is 18.7 Å². The van der Waals surface area contributed by atoms with Crippen molar-refractivity contribution in [2.45, 2.75) is 63.1 Å². The molecule has 6 nitrogen and oxygen atoms in total. The molecule has 3 atom stereocenters. The van der Waals surface area contributed by atoms with E-state index in [-0.39, 0.29) is 24.0 Å². The normalized spacial score (nSPS) is 26.7. The van der Waals surface area contributed by atoms with Gasteiger partial charge >= 0.3 is 0 Å². The van der Waals surface area contributed by atoms with Gasteiger partial charge in [0.25, 0.3) is 0 Å². The van der Waals surface area contributed by atoms with Crippen LogP contribution in [0.15, 0.2) is 35.2 Å². The van der Waals surface area contributed by atoms with Crippen molar-refractivity contribution >= 4 is 15.9 Å². The van der Waals surface area contributed by atoms with Crippen LogP contribution in [0.3, 0.4) is 0 Å². The van der Waals surface area contributed by atoms with Crippen LogP contribution < -0.4 is 0 Å². The molecule has 1 aromatic rings. The van der Waals surface area contributed by atoms with Gasteiger partial charge in [-0.3, -0.25) is 9.69 Å². The molecule has 27 heavy (non-hydrogen) atoms. The predicted molar refractivity (Wildman–Crippen MR) is 106 cm³/mol. The van der Waals surface area contributed by atoms with E-state index in [1.165, 1.54) is 10.7 Å². The van der Waals surface area contributed by atoms with Gasteiger partial charge in [-0.15, -0.1) is 0 Å². The Bertz CT molecular complexity index is 735. The molecule has 2 fully saturated rings. The number of rotatable bonds is 4. The highest BCUT2D eigenvalue weighted by Gasteiger charge is 2.36. The maximum Gasteiger partial charge on any atom is 0.243 e. The summed E-state index contributed by atoms with van der Waals surface area (Å²) in [5.41, 5.74) is 0. The maximum absolute atomic E-state index is 13.1. The molecule has 0 unspecified atom stereocenters. The van der Waals surface area contributed by atoms with Crippen LogP contribution in [0.25, 0.3) is 0 Å². The van der Waals surface area contributed by atoms with Crippen molar-refractivity contribution in [1.29, 1.82) is 0 Å². The van der Waals surface area contributed by atoms with Gasteiger partial charge in [-0.1, -0.05) is 18.2 Å². The molecule has 2 aliphatic heterocycles. The molecule has 0 saturated carbocycles. The lowest BCUT2D eigenvalue weighted by molar-refractivity contribution is -0.143. The summed E-state index contributed by atoms with van der Waals surface area (Å²) in [6, 6.07) is 8.91. The van der Waals surface area contributed by atoms with E-state index < -0.39 is 10.0 Å². The molecule has 0 bridgehead atoms. The zero-order chi connectivity index (χ0) is 19.6. The van der Waals surface area contributed by atoms with Gasteiger partial charge in [0, 0.05) is 38.3 Å². The summed E-state index contributed by atoms with van der Waals surface area (Å²) in [4.78, 5) is 17.6. The largest absolute Gasteiger partial charge is 0.336 e. The first kappa shape index (κ1) is 20.3. The summed E-state index contributed by atoms with van der Waals surface area (Å²) in [7, 11) is -3.46. The maximum atomic E-state index is 13.1. The number of hydrogen-bond acceptors (Lipinski definition) is 4. The summed E-state index contributed by atoms with van der Waals surface area (Å²) in [6.07, 6.45) is 3.30. The minimum atomic E-state index is -3.46. The lowest BCUT2D eigenvalue weighted by Gasteiger charge is -2.43.